The van der Waals surface area contributed by atoms with Crippen molar-refractivity contribution in [2.24, 2.45) is 34.5 Å². The molecule has 1 aliphatic heterocycles. The van der Waals surface area contributed by atoms with Gasteiger partial charge in [-0.2, -0.15) is 0 Å². The van der Waals surface area contributed by atoms with E-state index < -0.39 is 6.29 Å². The first-order chi connectivity index (χ1) is 13.0. The van der Waals surface area contributed by atoms with Gasteiger partial charge >= 0.3 is 0 Å². The zero-order valence-corrected chi connectivity index (χ0v) is 16.5. The molecule has 3 heteroatoms. The number of aliphatic hydroxyl groups excluding tert-OH is 1. The zero-order chi connectivity index (χ0) is 18.4. The summed E-state index contributed by atoms with van der Waals surface area (Å²) in [6.07, 6.45) is 17.2. The molecule has 27 heavy (non-hydrogen) atoms. The van der Waals surface area contributed by atoms with Gasteiger partial charge in [0.1, 0.15) is 0 Å². The van der Waals surface area contributed by atoms with Crippen LogP contribution in [0.3, 0.4) is 0 Å². The third-order valence-corrected chi connectivity index (χ3v) is 9.89. The molecule has 0 aromatic heterocycles. The molecule has 4 fully saturated rings. The number of ketones is 1. The molecular weight excluding hydrogens is 336 g/mol. The molecule has 0 aromatic carbocycles. The Kier molecular flexibility index (Phi) is 3.37. The van der Waals surface area contributed by atoms with E-state index in [1.807, 2.05) is 6.08 Å². The van der Waals surface area contributed by atoms with Gasteiger partial charge in [0.05, 0.1) is 5.60 Å². The first-order valence-corrected chi connectivity index (χ1v) is 11.3. The van der Waals surface area contributed by atoms with E-state index in [-0.39, 0.29) is 11.0 Å². The summed E-state index contributed by atoms with van der Waals surface area (Å²) in [6, 6.07) is 0. The highest BCUT2D eigenvalue weighted by atomic mass is 16.6. The van der Waals surface area contributed by atoms with E-state index in [4.69, 9.17) is 4.74 Å². The van der Waals surface area contributed by atoms with Crippen LogP contribution in [0, 0.1) is 34.5 Å². The quantitative estimate of drug-likeness (QED) is 0.691. The van der Waals surface area contributed by atoms with E-state index in [0.717, 1.165) is 37.5 Å². The normalized spacial score (nSPS) is 51.9. The fourth-order valence-electron chi connectivity index (χ4n) is 8.67. The van der Waals surface area contributed by atoms with Crippen molar-refractivity contribution in [2.45, 2.75) is 83.0 Å². The molecule has 6 rings (SSSR count). The summed E-state index contributed by atoms with van der Waals surface area (Å²) in [6.45, 7) is 2.35. The van der Waals surface area contributed by atoms with Crippen LogP contribution in [0.4, 0.5) is 0 Å². The van der Waals surface area contributed by atoms with Crippen LogP contribution in [0.5, 0.6) is 0 Å². The Morgan fingerprint density at radius 1 is 1.15 bits per heavy atom. The van der Waals surface area contributed by atoms with Crippen molar-refractivity contribution in [3.05, 3.63) is 23.8 Å². The third kappa shape index (κ3) is 2.03. The van der Waals surface area contributed by atoms with E-state index in [9.17, 15) is 9.90 Å². The van der Waals surface area contributed by atoms with E-state index in [0.29, 0.717) is 23.0 Å². The minimum absolute atomic E-state index is 0.198. The van der Waals surface area contributed by atoms with E-state index in [2.05, 4.69) is 19.1 Å². The van der Waals surface area contributed by atoms with Gasteiger partial charge in [0.15, 0.2) is 12.1 Å². The number of fused-ring (bicyclic) bond motifs is 7. The highest BCUT2D eigenvalue weighted by Gasteiger charge is 2.68. The second-order valence-corrected chi connectivity index (χ2v) is 10.5. The fraction of sp³-hybridized carbons (Fsp3) is 0.792. The van der Waals surface area contributed by atoms with Crippen molar-refractivity contribution in [1.29, 1.82) is 0 Å². The van der Waals surface area contributed by atoms with Gasteiger partial charge in [-0.15, -0.1) is 0 Å². The van der Waals surface area contributed by atoms with Crippen LogP contribution >= 0.6 is 0 Å². The van der Waals surface area contributed by atoms with E-state index in [1.54, 1.807) is 5.57 Å². The Hall–Kier alpha value is -0.930. The van der Waals surface area contributed by atoms with Crippen molar-refractivity contribution in [2.75, 3.05) is 0 Å². The van der Waals surface area contributed by atoms with Crippen molar-refractivity contribution in [1.82, 2.24) is 0 Å². The Bertz CT molecular complexity index is 747. The second kappa shape index (κ2) is 5.36. The van der Waals surface area contributed by atoms with Gasteiger partial charge in [-0.25, -0.2) is 0 Å². The van der Waals surface area contributed by atoms with Crippen LogP contribution in [-0.2, 0) is 9.53 Å². The number of ether oxygens (including phenoxy) is 1. The Balaban J connectivity index is 1.39. The maximum Gasteiger partial charge on any atom is 0.175 e. The summed E-state index contributed by atoms with van der Waals surface area (Å²) in [4.78, 5) is 12.1. The zero-order valence-electron chi connectivity index (χ0n) is 16.5. The number of carbonyl (C=O) groups excluding carboxylic acids is 1. The molecule has 0 amide bonds. The lowest BCUT2D eigenvalue weighted by molar-refractivity contribution is -0.189. The molecule has 1 heterocycles. The summed E-state index contributed by atoms with van der Waals surface area (Å²) < 4.78 is 6.23. The number of hydrogen-bond acceptors (Lipinski definition) is 3. The van der Waals surface area contributed by atoms with Crippen LogP contribution in [0.15, 0.2) is 23.8 Å². The molecule has 0 aromatic rings. The molecule has 0 saturated heterocycles. The summed E-state index contributed by atoms with van der Waals surface area (Å²) in [5, 5.41) is 10.1. The standard InChI is InChI=1S/C24H32O3/c1-2-23-8-5-16-17-4-3-15(25)13-20(17)22(11-12-22)14-18(16)19(23)6-9-24(23)10-7-21(26)27-24/h7,10,13,16-19,21,26H,2-6,8-9,11-12,14H2,1H3/t16?,17-,18?,19?,21?,23+,24-/m1/s1. The van der Waals surface area contributed by atoms with Crippen LogP contribution in [-0.4, -0.2) is 22.8 Å². The Morgan fingerprint density at radius 2 is 2.00 bits per heavy atom. The maximum absolute atomic E-state index is 12.1. The average Bonchev–Trinajstić information content (AvgIpc) is 3.22. The molecular formula is C24H32O3. The molecule has 2 spiro atoms. The fourth-order valence-corrected chi connectivity index (χ4v) is 8.67. The van der Waals surface area contributed by atoms with Crippen molar-refractivity contribution < 1.29 is 14.6 Å². The summed E-state index contributed by atoms with van der Waals surface area (Å²) in [5.41, 5.74) is 1.90. The lowest BCUT2D eigenvalue weighted by atomic mass is 9.47. The van der Waals surface area contributed by atoms with Gasteiger partial charge in [0, 0.05) is 11.8 Å². The molecule has 3 nitrogen and oxygen atoms in total. The number of carbonyl (C=O) groups is 1. The molecule has 4 unspecified atom stereocenters. The first kappa shape index (κ1) is 17.0. The molecule has 4 saturated carbocycles. The van der Waals surface area contributed by atoms with Crippen LogP contribution in [0.25, 0.3) is 0 Å². The Labute approximate surface area is 162 Å². The van der Waals surface area contributed by atoms with E-state index in [1.165, 1.54) is 38.5 Å². The minimum Gasteiger partial charge on any atom is -0.365 e. The summed E-state index contributed by atoms with van der Waals surface area (Å²) in [7, 11) is 0. The average molecular weight is 369 g/mol. The molecule has 0 bridgehead atoms. The molecule has 6 aliphatic rings. The highest BCUT2D eigenvalue weighted by Crippen LogP contribution is 2.73. The maximum atomic E-state index is 12.1. The van der Waals surface area contributed by atoms with E-state index >= 15 is 0 Å². The number of rotatable bonds is 1. The number of allylic oxidation sites excluding steroid dienone is 1. The smallest absolute Gasteiger partial charge is 0.175 e. The Morgan fingerprint density at radius 3 is 2.70 bits per heavy atom. The van der Waals surface area contributed by atoms with Gasteiger partial charge in [-0.1, -0.05) is 18.6 Å². The van der Waals surface area contributed by atoms with Crippen molar-refractivity contribution >= 4 is 5.78 Å². The number of aliphatic hydroxyl groups is 1. The predicted octanol–water partition coefficient (Wildman–Crippen LogP) is 4.55. The second-order valence-electron chi connectivity index (χ2n) is 10.5. The lowest BCUT2D eigenvalue weighted by Gasteiger charge is -2.58. The van der Waals surface area contributed by atoms with Gasteiger partial charge in [-0.05, 0) is 99.0 Å². The molecule has 1 N–H and O–H groups in total. The van der Waals surface area contributed by atoms with Gasteiger partial charge in [0.2, 0.25) is 0 Å². The predicted molar refractivity (Wildman–Crippen MR) is 103 cm³/mol. The largest absolute Gasteiger partial charge is 0.365 e. The van der Waals surface area contributed by atoms with Gasteiger partial charge < -0.3 is 9.84 Å². The summed E-state index contributed by atoms with van der Waals surface area (Å²) >= 11 is 0. The molecule has 7 atom stereocenters. The lowest BCUT2D eigenvalue weighted by Crippen LogP contribution is -2.55. The SMILES string of the molecule is CC[C@]12CCC3C(CC4(CC4)C4=CC(=O)CC[C@@H]43)C1CC[C@@]21C=CC(O)O1. The number of hydrogen-bond donors (Lipinski definition) is 1. The first-order valence-electron chi connectivity index (χ1n) is 11.3. The van der Waals surface area contributed by atoms with Crippen LogP contribution in [0.2, 0.25) is 0 Å². The van der Waals surface area contributed by atoms with Gasteiger partial charge in [0.25, 0.3) is 0 Å². The summed E-state index contributed by atoms with van der Waals surface area (Å²) in [5.74, 6) is 3.31. The van der Waals surface area contributed by atoms with Crippen LogP contribution < -0.4 is 0 Å². The highest BCUT2D eigenvalue weighted by molar-refractivity contribution is 5.91. The molecule has 146 valence electrons. The minimum atomic E-state index is -0.718. The molecule has 5 aliphatic carbocycles. The third-order valence-electron chi connectivity index (χ3n) is 9.89. The monoisotopic (exact) mass is 368 g/mol. The van der Waals surface area contributed by atoms with Crippen molar-refractivity contribution in [3.8, 4) is 0 Å². The van der Waals surface area contributed by atoms with Crippen molar-refractivity contribution in [3.63, 3.8) is 0 Å². The van der Waals surface area contributed by atoms with Gasteiger partial charge in [-0.3, -0.25) is 4.79 Å². The van der Waals surface area contributed by atoms with Crippen LogP contribution in [0.1, 0.15) is 71.1 Å². The molecule has 0 radical (unpaired) electrons. The topological polar surface area (TPSA) is 46.5 Å².